The molecule has 0 aliphatic carbocycles. The van der Waals surface area contributed by atoms with Crippen molar-refractivity contribution in [3.63, 3.8) is 0 Å². The van der Waals surface area contributed by atoms with Crippen LogP contribution in [0.3, 0.4) is 0 Å². The number of aryl methyl sites for hydroxylation is 1. The van der Waals surface area contributed by atoms with E-state index in [0.717, 1.165) is 5.56 Å². The summed E-state index contributed by atoms with van der Waals surface area (Å²) >= 11 is 0. The van der Waals surface area contributed by atoms with Gasteiger partial charge in [-0.15, -0.1) is 0 Å². The molecule has 9 heteroatoms. The molecule has 0 amide bonds. The molecule has 25 heavy (non-hydrogen) atoms. The zero-order valence-corrected chi connectivity index (χ0v) is 14.6. The number of carbonyl (C=O) groups is 1. The van der Waals surface area contributed by atoms with Crippen molar-refractivity contribution in [2.75, 3.05) is 11.5 Å². The van der Waals surface area contributed by atoms with Crippen LogP contribution >= 0.6 is 0 Å². The molecule has 0 spiro atoms. The van der Waals surface area contributed by atoms with E-state index in [4.69, 9.17) is 5.73 Å². The predicted molar refractivity (Wildman–Crippen MR) is 95.0 cm³/mol. The summed E-state index contributed by atoms with van der Waals surface area (Å²) in [7, 11) is -1.42. The van der Waals surface area contributed by atoms with Crippen LogP contribution in [-0.4, -0.2) is 35.3 Å². The van der Waals surface area contributed by atoms with Gasteiger partial charge in [0.15, 0.2) is 17.2 Å². The molecule has 1 atom stereocenters. The summed E-state index contributed by atoms with van der Waals surface area (Å²) in [5, 5.41) is 0.0445. The molecule has 3 aromatic rings. The van der Waals surface area contributed by atoms with Crippen LogP contribution in [-0.2, 0) is 17.3 Å². The average molecular weight is 359 g/mol. The highest BCUT2D eigenvalue weighted by Crippen LogP contribution is 2.16. The number of nitrogens with one attached hydrogen (secondary N) is 1. The summed E-state index contributed by atoms with van der Waals surface area (Å²) in [5.74, 6) is 0.112. The quantitative estimate of drug-likeness (QED) is 0.518. The van der Waals surface area contributed by atoms with Gasteiger partial charge in [0.05, 0.1) is 17.3 Å². The van der Waals surface area contributed by atoms with E-state index in [2.05, 4.69) is 15.0 Å². The molecule has 3 rings (SSSR count). The fraction of sp³-hybridized carbons (Fsp3) is 0.250. The highest BCUT2D eigenvalue weighted by Gasteiger charge is 2.18. The van der Waals surface area contributed by atoms with Crippen LogP contribution < -0.4 is 11.4 Å². The molecule has 1 aromatic carbocycles. The van der Waals surface area contributed by atoms with Crippen molar-refractivity contribution in [1.82, 2.24) is 19.5 Å². The Morgan fingerprint density at radius 3 is 2.60 bits per heavy atom. The molecule has 8 nitrogen and oxygen atoms in total. The Bertz CT molecular complexity index is 1040. The fourth-order valence-corrected chi connectivity index (χ4v) is 3.03. The monoisotopic (exact) mass is 359 g/mol. The van der Waals surface area contributed by atoms with E-state index in [-0.39, 0.29) is 34.5 Å². The van der Waals surface area contributed by atoms with E-state index in [1.807, 2.05) is 19.1 Å². The summed E-state index contributed by atoms with van der Waals surface area (Å²) in [6, 6.07) is 7.07. The lowest BCUT2D eigenvalue weighted by atomic mass is 10.1. The third kappa shape index (κ3) is 3.22. The molecule has 2 aromatic heterocycles. The molecule has 0 bridgehead atoms. The minimum Gasteiger partial charge on any atom is -0.382 e. The Kier molecular flexibility index (Phi) is 4.49. The third-order valence-electron chi connectivity index (χ3n) is 3.77. The highest BCUT2D eigenvalue weighted by molar-refractivity contribution is 7.84. The van der Waals surface area contributed by atoms with Crippen molar-refractivity contribution < 1.29 is 9.00 Å². The van der Waals surface area contributed by atoms with Crippen LogP contribution in [0.25, 0.3) is 11.2 Å². The number of rotatable bonds is 5. The summed E-state index contributed by atoms with van der Waals surface area (Å²) in [6.07, 6.45) is 0. The molecule has 0 saturated heterocycles. The standard InChI is InChI=1S/C16H17N5O3S/c1-3-25(24)15-19-13(17)12-14(20-15)21(16(23)18-12)8-11(22)10-6-4-9(2)5-7-10/h4-7H,3,8H2,1-2H3,(H,18,23)(H2,17,19,20). The number of hydrogen-bond acceptors (Lipinski definition) is 6. The maximum Gasteiger partial charge on any atom is 0.328 e. The Labute approximate surface area is 145 Å². The van der Waals surface area contributed by atoms with Gasteiger partial charge in [-0.25, -0.2) is 14.8 Å². The number of fused-ring (bicyclic) bond motifs is 1. The minimum absolute atomic E-state index is 0.0282. The first-order chi connectivity index (χ1) is 11.9. The molecule has 0 fully saturated rings. The molecule has 2 heterocycles. The number of aromatic nitrogens is 4. The fourth-order valence-electron chi connectivity index (χ4n) is 2.38. The number of hydrogen-bond donors (Lipinski definition) is 2. The van der Waals surface area contributed by atoms with Gasteiger partial charge in [0, 0.05) is 11.3 Å². The van der Waals surface area contributed by atoms with Crippen LogP contribution in [0.15, 0.2) is 34.2 Å². The summed E-state index contributed by atoms with van der Waals surface area (Å²) in [5.41, 5.74) is 7.26. The van der Waals surface area contributed by atoms with Crippen molar-refractivity contribution in [1.29, 1.82) is 0 Å². The van der Waals surface area contributed by atoms with Gasteiger partial charge in [-0.1, -0.05) is 36.8 Å². The number of nitrogen functional groups attached to an aromatic ring is 1. The van der Waals surface area contributed by atoms with E-state index in [0.29, 0.717) is 11.3 Å². The molecule has 3 N–H and O–H groups in total. The number of ketones is 1. The smallest absolute Gasteiger partial charge is 0.328 e. The van der Waals surface area contributed by atoms with Crippen LogP contribution in [0.2, 0.25) is 0 Å². The van der Waals surface area contributed by atoms with Crippen molar-refractivity contribution in [2.24, 2.45) is 0 Å². The van der Waals surface area contributed by atoms with Gasteiger partial charge < -0.3 is 10.7 Å². The van der Waals surface area contributed by atoms with Crippen molar-refractivity contribution >= 4 is 33.6 Å². The van der Waals surface area contributed by atoms with Gasteiger partial charge in [0.25, 0.3) is 0 Å². The van der Waals surface area contributed by atoms with E-state index in [9.17, 15) is 13.8 Å². The molecule has 0 aliphatic rings. The van der Waals surface area contributed by atoms with Gasteiger partial charge in [0.1, 0.15) is 5.52 Å². The van der Waals surface area contributed by atoms with Gasteiger partial charge in [-0.05, 0) is 6.92 Å². The van der Waals surface area contributed by atoms with Crippen molar-refractivity contribution in [3.05, 3.63) is 45.9 Å². The topological polar surface area (TPSA) is 124 Å². The SMILES string of the molecule is CCS(=O)c1nc(N)c2[nH]c(=O)n(CC(=O)c3ccc(C)cc3)c2n1. The van der Waals surface area contributed by atoms with Gasteiger partial charge in [-0.3, -0.25) is 13.6 Å². The second kappa shape index (κ2) is 6.60. The Balaban J connectivity index is 2.06. The normalized spacial score (nSPS) is 12.4. The summed E-state index contributed by atoms with van der Waals surface area (Å²) in [4.78, 5) is 35.4. The zero-order chi connectivity index (χ0) is 18.1. The van der Waals surface area contributed by atoms with Crippen LogP contribution in [0.5, 0.6) is 0 Å². The van der Waals surface area contributed by atoms with Crippen molar-refractivity contribution in [3.8, 4) is 0 Å². The maximum absolute atomic E-state index is 12.5. The van der Waals surface area contributed by atoms with Crippen LogP contribution in [0, 0.1) is 6.92 Å². The molecule has 0 radical (unpaired) electrons. The Morgan fingerprint density at radius 2 is 1.96 bits per heavy atom. The predicted octanol–water partition coefficient (Wildman–Crippen LogP) is 1.02. The first-order valence-corrected chi connectivity index (χ1v) is 8.97. The largest absolute Gasteiger partial charge is 0.382 e. The van der Waals surface area contributed by atoms with E-state index < -0.39 is 16.5 Å². The number of anilines is 1. The second-order valence-electron chi connectivity index (χ2n) is 5.53. The summed E-state index contributed by atoms with van der Waals surface area (Å²) in [6.45, 7) is 3.45. The molecule has 0 aliphatic heterocycles. The number of H-pyrrole nitrogens is 1. The van der Waals surface area contributed by atoms with E-state index in [1.54, 1.807) is 19.1 Å². The molecule has 130 valence electrons. The first-order valence-electron chi connectivity index (χ1n) is 7.65. The van der Waals surface area contributed by atoms with Crippen molar-refractivity contribution in [2.45, 2.75) is 25.5 Å². The Morgan fingerprint density at radius 1 is 1.28 bits per heavy atom. The number of benzene rings is 1. The number of Topliss-reactive ketones (excluding diaryl/α,β-unsaturated/α-hetero) is 1. The maximum atomic E-state index is 12.5. The molecular weight excluding hydrogens is 342 g/mol. The Hall–Kier alpha value is -2.81. The third-order valence-corrected chi connectivity index (χ3v) is 4.89. The van der Waals surface area contributed by atoms with Crippen LogP contribution in [0.4, 0.5) is 5.82 Å². The number of aromatic amines is 1. The minimum atomic E-state index is -1.42. The lowest BCUT2D eigenvalue weighted by Gasteiger charge is -2.05. The van der Waals surface area contributed by atoms with Gasteiger partial charge in [0.2, 0.25) is 5.16 Å². The van der Waals surface area contributed by atoms with Gasteiger partial charge >= 0.3 is 5.69 Å². The number of imidazole rings is 1. The first kappa shape index (κ1) is 17.0. The van der Waals surface area contributed by atoms with Crippen LogP contribution in [0.1, 0.15) is 22.8 Å². The molecule has 1 unspecified atom stereocenters. The molecular formula is C16H17N5O3S. The number of nitrogens with two attached hydrogens (primary N) is 1. The average Bonchev–Trinajstić information content (AvgIpc) is 2.91. The second-order valence-corrected chi connectivity index (χ2v) is 7.16. The number of carbonyl (C=O) groups excluding carboxylic acids is 1. The highest BCUT2D eigenvalue weighted by atomic mass is 32.2. The lowest BCUT2D eigenvalue weighted by Crippen LogP contribution is -2.22. The van der Waals surface area contributed by atoms with E-state index in [1.165, 1.54) is 4.57 Å². The lowest BCUT2D eigenvalue weighted by molar-refractivity contribution is 0.0972. The molecule has 0 saturated carbocycles. The summed E-state index contributed by atoms with van der Waals surface area (Å²) < 4.78 is 13.2. The zero-order valence-electron chi connectivity index (χ0n) is 13.8. The number of nitrogens with zero attached hydrogens (tertiary/aromatic N) is 3. The van der Waals surface area contributed by atoms with Gasteiger partial charge in [-0.2, -0.15) is 0 Å². The van der Waals surface area contributed by atoms with E-state index >= 15 is 0 Å².